The molecule has 0 aliphatic carbocycles. The number of halogens is 1. The number of hydrogen-bond acceptors (Lipinski definition) is 1. The zero-order valence-corrected chi connectivity index (χ0v) is 11.3. The van der Waals surface area contributed by atoms with Gasteiger partial charge in [0.15, 0.2) is 0 Å². The Hall–Kier alpha value is -1.31. The van der Waals surface area contributed by atoms with Crippen LogP contribution in [0.15, 0.2) is 54.6 Å². The van der Waals surface area contributed by atoms with E-state index in [1.54, 1.807) is 0 Å². The zero-order chi connectivity index (χ0) is 11.5. The average Bonchev–Trinajstić information content (AvgIpc) is 2.81. The van der Waals surface area contributed by atoms with Gasteiger partial charge in [-0.1, -0.05) is 0 Å². The number of hydrogen-bond donors (Lipinski definition) is 0. The van der Waals surface area contributed by atoms with E-state index in [0.29, 0.717) is 0 Å². The van der Waals surface area contributed by atoms with Gasteiger partial charge in [0.25, 0.3) is 0 Å². The molecule has 1 nitrogen and oxygen atoms in total. The minimum atomic E-state index is -1.69. The molecular weight excluding hydrogens is 323 g/mol. The van der Waals surface area contributed by atoms with Gasteiger partial charge < -0.3 is 0 Å². The van der Waals surface area contributed by atoms with Gasteiger partial charge in [-0.3, -0.25) is 0 Å². The van der Waals surface area contributed by atoms with Crippen molar-refractivity contribution in [3.63, 3.8) is 0 Å². The molecule has 3 rings (SSSR count). The molecule has 0 saturated carbocycles. The maximum atomic E-state index is 5.83. The number of fused-ring (bicyclic) bond motifs is 1. The summed E-state index contributed by atoms with van der Waals surface area (Å²) in [5.74, 6) is 3.22. The van der Waals surface area contributed by atoms with Gasteiger partial charge in [0, 0.05) is 0 Å². The number of benzene rings is 2. The summed E-state index contributed by atoms with van der Waals surface area (Å²) in [6, 6.07) is 18.5. The molecule has 17 heavy (non-hydrogen) atoms. The van der Waals surface area contributed by atoms with Crippen LogP contribution in [0.3, 0.4) is 0 Å². The van der Waals surface area contributed by atoms with Crippen LogP contribution >= 0.6 is 20.2 Å². The molecule has 0 amide bonds. The summed E-state index contributed by atoms with van der Waals surface area (Å²) < 4.78 is 10.5. The second-order valence-electron chi connectivity index (χ2n) is 3.68. The molecule has 2 aromatic carbocycles. The van der Waals surface area contributed by atoms with E-state index in [9.17, 15) is 0 Å². The molecule has 0 bridgehead atoms. The Bertz CT molecular complexity index is 581. The van der Waals surface area contributed by atoms with Gasteiger partial charge in [-0.25, -0.2) is 0 Å². The van der Waals surface area contributed by atoms with E-state index in [0.717, 1.165) is 12.2 Å². The van der Waals surface area contributed by atoms with E-state index in [1.807, 2.05) is 30.3 Å². The van der Waals surface area contributed by atoms with Gasteiger partial charge in [-0.15, -0.1) is 0 Å². The normalized spacial score (nSPS) is 14.9. The Morgan fingerprint density at radius 1 is 0.941 bits per heavy atom. The van der Waals surface area contributed by atoms with Crippen molar-refractivity contribution >= 4 is 20.2 Å². The van der Waals surface area contributed by atoms with Crippen molar-refractivity contribution in [1.29, 1.82) is 0 Å². The Kier molecular flexibility index (Phi) is 3.12. The molecule has 0 radical (unpaired) electrons. The molecule has 84 valence electrons. The van der Waals surface area contributed by atoms with Crippen molar-refractivity contribution in [2.24, 2.45) is 0 Å². The minimum absolute atomic E-state index is 0.741. The first-order valence-electron chi connectivity index (χ1n) is 5.41. The molecule has 2 heteroatoms. The molecule has 0 saturated heterocycles. The molecule has 0 N–H and O–H groups in total. The first-order valence-corrected chi connectivity index (χ1v) is 8.45. The molecular formula is C15H11IO. The molecule has 0 unspecified atom stereocenters. The monoisotopic (exact) mass is 334 g/mol. The summed E-state index contributed by atoms with van der Waals surface area (Å²) >= 11 is -1.69. The quantitative estimate of drug-likeness (QED) is 0.526. The fourth-order valence-corrected chi connectivity index (χ4v) is 5.14. The van der Waals surface area contributed by atoms with E-state index >= 15 is 0 Å². The molecule has 0 aromatic heterocycles. The predicted molar refractivity (Wildman–Crippen MR) is 77.3 cm³/mol. The van der Waals surface area contributed by atoms with Crippen molar-refractivity contribution in [2.45, 2.75) is 6.61 Å². The van der Waals surface area contributed by atoms with Gasteiger partial charge in [-0.2, -0.15) is 0 Å². The topological polar surface area (TPSA) is 9.23 Å². The van der Waals surface area contributed by atoms with Gasteiger partial charge in [0.1, 0.15) is 0 Å². The van der Waals surface area contributed by atoms with E-state index in [2.05, 4.69) is 34.1 Å². The van der Waals surface area contributed by atoms with Crippen molar-refractivity contribution in [3.8, 4) is 9.85 Å². The second kappa shape index (κ2) is 4.91. The first-order chi connectivity index (χ1) is 8.43. The molecule has 0 fully saturated rings. The van der Waals surface area contributed by atoms with E-state index in [4.69, 9.17) is 3.07 Å². The van der Waals surface area contributed by atoms with E-state index in [1.165, 1.54) is 9.13 Å². The van der Waals surface area contributed by atoms with E-state index < -0.39 is 20.2 Å². The first kappa shape index (κ1) is 10.8. The third-order valence-corrected chi connectivity index (χ3v) is 6.31. The third kappa shape index (κ3) is 2.36. The van der Waals surface area contributed by atoms with Gasteiger partial charge in [0.05, 0.1) is 0 Å². The fourth-order valence-electron chi connectivity index (χ4n) is 1.65. The summed E-state index contributed by atoms with van der Waals surface area (Å²) in [6.07, 6.45) is 0. The molecule has 0 spiro atoms. The van der Waals surface area contributed by atoms with Crippen LogP contribution in [-0.4, -0.2) is 0 Å². The van der Waals surface area contributed by atoms with Crippen molar-refractivity contribution in [2.75, 3.05) is 0 Å². The van der Waals surface area contributed by atoms with Crippen LogP contribution in [0.25, 0.3) is 0 Å². The molecule has 1 heterocycles. The van der Waals surface area contributed by atoms with Crippen LogP contribution < -0.4 is 0 Å². The molecule has 0 atom stereocenters. The second-order valence-corrected chi connectivity index (χ2v) is 7.42. The van der Waals surface area contributed by atoms with Crippen LogP contribution in [0, 0.1) is 13.4 Å². The van der Waals surface area contributed by atoms with Crippen molar-refractivity contribution < 1.29 is 3.07 Å². The van der Waals surface area contributed by atoms with Crippen LogP contribution in [0.5, 0.6) is 0 Å². The Labute approximate surface area is 109 Å². The van der Waals surface area contributed by atoms with Crippen LogP contribution in [-0.2, 0) is 9.67 Å². The number of rotatable bonds is 0. The molecule has 2 aromatic rings. The van der Waals surface area contributed by atoms with Gasteiger partial charge in [-0.05, 0) is 0 Å². The van der Waals surface area contributed by atoms with Crippen molar-refractivity contribution in [1.82, 2.24) is 0 Å². The van der Waals surface area contributed by atoms with Crippen LogP contribution in [0.1, 0.15) is 11.1 Å². The maximum absolute atomic E-state index is 5.83. The van der Waals surface area contributed by atoms with Gasteiger partial charge in [0.2, 0.25) is 0 Å². The van der Waals surface area contributed by atoms with Crippen LogP contribution in [0.4, 0.5) is 0 Å². The summed E-state index contributed by atoms with van der Waals surface area (Å²) in [6.45, 7) is 0.741. The fraction of sp³-hybridized carbons (Fsp3) is 0.0667. The van der Waals surface area contributed by atoms with Crippen LogP contribution in [0.2, 0.25) is 0 Å². The summed E-state index contributed by atoms with van der Waals surface area (Å²) in [5, 5.41) is 0. The third-order valence-electron chi connectivity index (χ3n) is 2.51. The van der Waals surface area contributed by atoms with Gasteiger partial charge >= 0.3 is 109 Å². The standard InChI is InChI=1S/C15H11IO/c1-2-6-13(7-3-1)10-11-16-15-9-5-4-8-14(15)12-17-16/h1-9H,12H2. The average molecular weight is 334 g/mol. The summed E-state index contributed by atoms with van der Waals surface area (Å²) in [5.41, 5.74) is 2.39. The van der Waals surface area contributed by atoms with Crippen molar-refractivity contribution in [3.05, 3.63) is 69.3 Å². The summed E-state index contributed by atoms with van der Waals surface area (Å²) in [7, 11) is 0. The Morgan fingerprint density at radius 3 is 2.59 bits per heavy atom. The molecule has 1 aliphatic rings. The zero-order valence-electron chi connectivity index (χ0n) is 9.19. The SMILES string of the molecule is C(#CI1OCc2ccccc21)c1ccccc1. The predicted octanol–water partition coefficient (Wildman–Crippen LogP) is 3.82. The van der Waals surface area contributed by atoms with E-state index in [-0.39, 0.29) is 0 Å². The Morgan fingerprint density at radius 2 is 1.71 bits per heavy atom. The summed E-state index contributed by atoms with van der Waals surface area (Å²) in [4.78, 5) is 0. The molecule has 1 aliphatic heterocycles. The Balaban J connectivity index is 1.87.